The number of aliphatic imine (C=N–C) groups is 1. The molecule has 1 unspecified atom stereocenters. The van der Waals surface area contributed by atoms with Crippen molar-refractivity contribution >= 4 is 29.9 Å². The fourth-order valence-electron chi connectivity index (χ4n) is 4.73. The first-order valence-corrected chi connectivity index (χ1v) is 11.2. The van der Waals surface area contributed by atoms with Gasteiger partial charge < -0.3 is 19.8 Å². The molecule has 1 atom stereocenters. The van der Waals surface area contributed by atoms with Crippen LogP contribution in [0.15, 0.2) is 58.1 Å². The highest BCUT2D eigenvalue weighted by atomic mass is 127. The summed E-state index contributed by atoms with van der Waals surface area (Å²) in [6.45, 7) is 5.46. The molecular weight excluding hydrogens is 503 g/mol. The molecule has 6 nitrogen and oxygen atoms in total. The molecule has 0 bridgehead atoms. The molecule has 2 fully saturated rings. The van der Waals surface area contributed by atoms with Gasteiger partial charge in [-0.05, 0) is 56.5 Å². The van der Waals surface area contributed by atoms with Gasteiger partial charge in [0.15, 0.2) is 5.96 Å². The molecule has 1 aromatic carbocycles. The number of ether oxygens (including phenoxy) is 1. The number of nitrogens with one attached hydrogen (secondary N) is 2. The number of furan rings is 1. The number of benzene rings is 1. The van der Waals surface area contributed by atoms with E-state index in [1.54, 1.807) is 6.26 Å². The first-order chi connectivity index (χ1) is 14.8. The molecular formula is C24H35IN4O2. The second-order valence-corrected chi connectivity index (χ2v) is 8.34. The Balaban J connectivity index is 0.00000272. The second-order valence-electron chi connectivity index (χ2n) is 8.34. The first-order valence-electron chi connectivity index (χ1n) is 11.2. The lowest BCUT2D eigenvalue weighted by molar-refractivity contribution is 0.0513. The summed E-state index contributed by atoms with van der Waals surface area (Å²) in [4.78, 5) is 6.99. The van der Waals surface area contributed by atoms with E-state index in [0.29, 0.717) is 0 Å². The van der Waals surface area contributed by atoms with Crippen molar-refractivity contribution in [2.24, 2.45) is 4.99 Å². The average Bonchev–Trinajstić information content (AvgIpc) is 3.52. The summed E-state index contributed by atoms with van der Waals surface area (Å²) < 4.78 is 11.4. The Kier molecular flexibility index (Phi) is 9.22. The van der Waals surface area contributed by atoms with Gasteiger partial charge in [-0.3, -0.25) is 9.89 Å². The smallest absolute Gasteiger partial charge is 0.191 e. The predicted octanol–water partition coefficient (Wildman–Crippen LogP) is 3.95. The average molecular weight is 538 g/mol. The fraction of sp³-hybridized carbons (Fsp3) is 0.542. The van der Waals surface area contributed by atoms with Crippen molar-refractivity contribution in [1.82, 2.24) is 15.5 Å². The van der Waals surface area contributed by atoms with E-state index < -0.39 is 0 Å². The van der Waals surface area contributed by atoms with Crippen LogP contribution in [0.5, 0.6) is 0 Å². The maximum Gasteiger partial charge on any atom is 0.191 e. The van der Waals surface area contributed by atoms with E-state index in [-0.39, 0.29) is 35.4 Å². The van der Waals surface area contributed by atoms with Gasteiger partial charge in [-0.25, -0.2) is 0 Å². The molecule has 0 aliphatic carbocycles. The van der Waals surface area contributed by atoms with Crippen LogP contribution in [0.4, 0.5) is 0 Å². The van der Waals surface area contributed by atoms with Gasteiger partial charge in [-0.1, -0.05) is 30.3 Å². The van der Waals surface area contributed by atoms with Crippen LogP contribution in [0, 0.1) is 0 Å². The van der Waals surface area contributed by atoms with Crippen LogP contribution in [0.1, 0.15) is 43.0 Å². The molecule has 0 saturated carbocycles. The highest BCUT2D eigenvalue weighted by Crippen LogP contribution is 2.34. The molecule has 3 heterocycles. The number of hydrogen-bond acceptors (Lipinski definition) is 4. The molecule has 4 rings (SSSR count). The summed E-state index contributed by atoms with van der Waals surface area (Å²) in [7, 11) is 1.84. The molecule has 170 valence electrons. The van der Waals surface area contributed by atoms with Crippen LogP contribution in [0.3, 0.4) is 0 Å². The maximum atomic E-state index is 5.75. The normalized spacial score (nSPS) is 20.1. The summed E-state index contributed by atoms with van der Waals surface area (Å²) in [6.07, 6.45) is 6.31. The van der Waals surface area contributed by atoms with E-state index in [1.807, 2.05) is 13.1 Å². The Morgan fingerprint density at radius 3 is 2.45 bits per heavy atom. The van der Waals surface area contributed by atoms with Crippen molar-refractivity contribution in [3.8, 4) is 0 Å². The molecule has 0 amide bonds. The Bertz CT molecular complexity index is 785. The van der Waals surface area contributed by atoms with Crippen LogP contribution in [0.25, 0.3) is 0 Å². The van der Waals surface area contributed by atoms with Crippen molar-refractivity contribution < 1.29 is 9.15 Å². The molecule has 1 aromatic heterocycles. The number of likely N-dealkylation sites (tertiary alicyclic amines) is 1. The summed E-state index contributed by atoms with van der Waals surface area (Å²) in [5, 5.41) is 7.15. The second kappa shape index (κ2) is 11.9. The third kappa shape index (κ3) is 6.02. The monoisotopic (exact) mass is 538 g/mol. The maximum absolute atomic E-state index is 5.75. The van der Waals surface area contributed by atoms with E-state index >= 15 is 0 Å². The highest BCUT2D eigenvalue weighted by molar-refractivity contribution is 14.0. The van der Waals surface area contributed by atoms with Crippen molar-refractivity contribution in [3.63, 3.8) is 0 Å². The zero-order valence-electron chi connectivity index (χ0n) is 18.4. The number of guanidine groups is 1. The van der Waals surface area contributed by atoms with Crippen molar-refractivity contribution in [2.45, 2.75) is 37.1 Å². The standard InChI is InChI=1S/C24H34N4O2.HI/c1-25-23(26-18-21(22-10-7-15-30-22)28-13-5-6-14-28)27-19-24(11-16-29-17-12-24)20-8-3-2-4-9-20;/h2-4,7-10,15,21H,5-6,11-14,16-19H2,1H3,(H2,25,26,27);1H. The molecule has 0 radical (unpaired) electrons. The van der Waals surface area contributed by atoms with Crippen molar-refractivity contribution in [3.05, 3.63) is 60.1 Å². The van der Waals surface area contributed by atoms with E-state index in [1.165, 1.54) is 18.4 Å². The zero-order valence-corrected chi connectivity index (χ0v) is 20.7. The van der Waals surface area contributed by atoms with E-state index in [0.717, 1.165) is 64.0 Å². The number of halogens is 1. The van der Waals surface area contributed by atoms with Gasteiger partial charge in [-0.2, -0.15) is 0 Å². The lowest BCUT2D eigenvalue weighted by atomic mass is 9.74. The third-order valence-corrected chi connectivity index (χ3v) is 6.57. The molecule has 2 N–H and O–H groups in total. The van der Waals surface area contributed by atoms with Gasteiger partial charge in [0.25, 0.3) is 0 Å². The van der Waals surface area contributed by atoms with Crippen LogP contribution < -0.4 is 10.6 Å². The van der Waals surface area contributed by atoms with Crippen LogP contribution in [-0.4, -0.2) is 57.3 Å². The summed E-state index contributed by atoms with van der Waals surface area (Å²) in [6, 6.07) is 15.1. The number of nitrogens with zero attached hydrogens (tertiary/aromatic N) is 2. The minimum Gasteiger partial charge on any atom is -0.468 e. The van der Waals surface area contributed by atoms with Crippen molar-refractivity contribution in [1.29, 1.82) is 0 Å². The van der Waals surface area contributed by atoms with Gasteiger partial charge in [0.05, 0.1) is 12.3 Å². The topological polar surface area (TPSA) is 62.0 Å². The summed E-state index contributed by atoms with van der Waals surface area (Å²) in [5.41, 5.74) is 1.45. The van der Waals surface area contributed by atoms with Crippen molar-refractivity contribution in [2.75, 3.05) is 46.4 Å². The van der Waals surface area contributed by atoms with E-state index in [9.17, 15) is 0 Å². The quantitative estimate of drug-likeness (QED) is 0.318. The minimum atomic E-state index is 0. The Hall–Kier alpha value is -1.58. The fourth-order valence-corrected chi connectivity index (χ4v) is 4.73. The van der Waals surface area contributed by atoms with Crippen LogP contribution in [-0.2, 0) is 10.2 Å². The minimum absolute atomic E-state index is 0. The first kappa shape index (κ1) is 24.1. The summed E-state index contributed by atoms with van der Waals surface area (Å²) >= 11 is 0. The van der Waals surface area contributed by atoms with Crippen LogP contribution in [0.2, 0.25) is 0 Å². The largest absolute Gasteiger partial charge is 0.468 e. The van der Waals surface area contributed by atoms with Gasteiger partial charge in [0.1, 0.15) is 5.76 Å². The molecule has 0 spiro atoms. The predicted molar refractivity (Wildman–Crippen MR) is 135 cm³/mol. The van der Waals surface area contributed by atoms with Crippen LogP contribution >= 0.6 is 24.0 Å². The molecule has 2 aromatic rings. The Morgan fingerprint density at radius 1 is 1.06 bits per heavy atom. The molecule has 2 aliphatic heterocycles. The summed E-state index contributed by atoms with van der Waals surface area (Å²) in [5.74, 6) is 1.86. The highest BCUT2D eigenvalue weighted by Gasteiger charge is 2.34. The Labute approximate surface area is 202 Å². The Morgan fingerprint density at radius 2 is 1.81 bits per heavy atom. The SMILES string of the molecule is CN=C(NCC(c1ccco1)N1CCCC1)NCC1(c2ccccc2)CCOCC1.I. The third-order valence-electron chi connectivity index (χ3n) is 6.57. The van der Waals surface area contributed by atoms with E-state index in [4.69, 9.17) is 9.15 Å². The molecule has 2 saturated heterocycles. The van der Waals surface area contributed by atoms with Gasteiger partial charge in [0.2, 0.25) is 0 Å². The lowest BCUT2D eigenvalue weighted by Crippen LogP contribution is -2.49. The number of hydrogen-bond donors (Lipinski definition) is 2. The van der Waals surface area contributed by atoms with Gasteiger partial charge in [0, 0.05) is 38.8 Å². The van der Waals surface area contributed by atoms with Gasteiger partial charge >= 0.3 is 0 Å². The molecule has 31 heavy (non-hydrogen) atoms. The van der Waals surface area contributed by atoms with Gasteiger partial charge in [-0.15, -0.1) is 24.0 Å². The number of rotatable bonds is 7. The van der Waals surface area contributed by atoms with E-state index in [2.05, 4.69) is 56.9 Å². The lowest BCUT2D eigenvalue weighted by Gasteiger charge is -2.38. The molecule has 7 heteroatoms. The zero-order chi connectivity index (χ0) is 20.7. The molecule has 2 aliphatic rings.